The van der Waals surface area contributed by atoms with Gasteiger partial charge in [0.15, 0.2) is 0 Å². The molecule has 0 bridgehead atoms. The molecule has 2 unspecified atom stereocenters. The Balaban J connectivity index is 1.89. The minimum absolute atomic E-state index is 0.433. The fourth-order valence-electron chi connectivity index (χ4n) is 1.95. The first-order valence-corrected chi connectivity index (χ1v) is 7.98. The van der Waals surface area contributed by atoms with Gasteiger partial charge in [0.25, 0.3) is 0 Å². The van der Waals surface area contributed by atoms with Gasteiger partial charge in [-0.1, -0.05) is 92.5 Å². The smallest absolute Gasteiger partial charge is 0.0395 e. The van der Waals surface area contributed by atoms with E-state index in [0.717, 1.165) is 12.8 Å². The summed E-state index contributed by atoms with van der Waals surface area (Å²) in [5.41, 5.74) is 2.70. The van der Waals surface area contributed by atoms with E-state index >= 15 is 0 Å². The van der Waals surface area contributed by atoms with Crippen LogP contribution in [0.3, 0.4) is 0 Å². The van der Waals surface area contributed by atoms with Crippen molar-refractivity contribution < 1.29 is 0 Å². The molecule has 2 aromatic carbocycles. The number of benzene rings is 2. The third-order valence-corrected chi connectivity index (χ3v) is 4.97. The van der Waals surface area contributed by atoms with Crippen LogP contribution < -0.4 is 0 Å². The number of hydrogen-bond donors (Lipinski definition) is 0. The Morgan fingerprint density at radius 3 is 1.28 bits per heavy atom. The number of rotatable bonds is 5. The van der Waals surface area contributed by atoms with E-state index in [1.165, 1.54) is 11.1 Å². The van der Waals surface area contributed by atoms with E-state index in [4.69, 9.17) is 0 Å². The molecule has 0 aliphatic heterocycles. The van der Waals surface area contributed by atoms with Crippen LogP contribution in [-0.4, -0.2) is 0 Å². The van der Waals surface area contributed by atoms with Crippen LogP contribution in [0.25, 0.3) is 0 Å². The molecule has 2 heteroatoms. The molecule has 2 rings (SSSR count). The second-order valence-corrected chi connectivity index (χ2v) is 6.54. The second kappa shape index (κ2) is 7.10. The molecule has 94 valence electrons. The maximum Gasteiger partial charge on any atom is 0.0395 e. The van der Waals surface area contributed by atoms with Gasteiger partial charge >= 0.3 is 0 Å². The largest absolute Gasteiger partial charge is 0.0839 e. The summed E-state index contributed by atoms with van der Waals surface area (Å²) in [5.74, 6) is 0. The van der Waals surface area contributed by atoms with Gasteiger partial charge in [-0.05, 0) is 24.0 Å². The molecule has 0 nitrogen and oxygen atoms in total. The Hall–Kier alpha value is -0.600. The van der Waals surface area contributed by atoms with Crippen molar-refractivity contribution in [2.45, 2.75) is 22.5 Å². The summed E-state index contributed by atoms with van der Waals surface area (Å²) in [6.07, 6.45) is 2.24. The zero-order chi connectivity index (χ0) is 12.8. The number of hydrogen-bond acceptors (Lipinski definition) is 0. The normalized spacial score (nSPS) is 14.1. The Bertz CT molecular complexity index is 408. The second-order valence-electron chi connectivity index (χ2n) is 4.33. The number of halogens is 2. The van der Waals surface area contributed by atoms with Crippen molar-refractivity contribution in [3.05, 3.63) is 71.8 Å². The first kappa shape index (κ1) is 13.8. The molecule has 2 aromatic rings. The molecule has 0 saturated heterocycles. The lowest BCUT2D eigenvalue weighted by Crippen LogP contribution is -1.94. The van der Waals surface area contributed by atoms with Gasteiger partial charge in [0.1, 0.15) is 0 Å². The van der Waals surface area contributed by atoms with Crippen molar-refractivity contribution in [2.24, 2.45) is 0 Å². The summed E-state index contributed by atoms with van der Waals surface area (Å²) in [5, 5.41) is 0. The van der Waals surface area contributed by atoms with Gasteiger partial charge in [0, 0.05) is 9.65 Å². The van der Waals surface area contributed by atoms with Crippen molar-refractivity contribution in [1.82, 2.24) is 0 Å². The molecule has 18 heavy (non-hydrogen) atoms. The Labute approximate surface area is 126 Å². The van der Waals surface area contributed by atoms with Crippen LogP contribution in [-0.2, 0) is 0 Å². The molecule has 0 saturated carbocycles. The van der Waals surface area contributed by atoms with E-state index in [2.05, 4.69) is 92.5 Å². The van der Waals surface area contributed by atoms with E-state index < -0.39 is 0 Å². The molecule has 0 heterocycles. The lowest BCUT2D eigenvalue weighted by atomic mass is 10.0. The molecule has 0 spiro atoms. The van der Waals surface area contributed by atoms with Gasteiger partial charge < -0.3 is 0 Å². The minimum atomic E-state index is 0.433. The lowest BCUT2D eigenvalue weighted by molar-refractivity contribution is 0.725. The van der Waals surface area contributed by atoms with Crippen molar-refractivity contribution in [1.29, 1.82) is 0 Å². The minimum Gasteiger partial charge on any atom is -0.0839 e. The van der Waals surface area contributed by atoms with Crippen LogP contribution >= 0.6 is 31.9 Å². The average molecular weight is 368 g/mol. The maximum atomic E-state index is 3.77. The van der Waals surface area contributed by atoms with E-state index in [9.17, 15) is 0 Å². The predicted molar refractivity (Wildman–Crippen MR) is 85.5 cm³/mol. The van der Waals surface area contributed by atoms with Gasteiger partial charge in [-0.15, -0.1) is 0 Å². The summed E-state index contributed by atoms with van der Waals surface area (Å²) < 4.78 is 0. The predicted octanol–water partition coefficient (Wildman–Crippen LogP) is 6.04. The monoisotopic (exact) mass is 366 g/mol. The molecule has 0 aliphatic carbocycles. The van der Waals surface area contributed by atoms with Gasteiger partial charge in [-0.2, -0.15) is 0 Å². The van der Waals surface area contributed by atoms with Crippen molar-refractivity contribution in [2.75, 3.05) is 0 Å². The highest BCUT2D eigenvalue weighted by molar-refractivity contribution is 9.09. The van der Waals surface area contributed by atoms with Gasteiger partial charge in [0.2, 0.25) is 0 Å². The van der Waals surface area contributed by atoms with Crippen LogP contribution in [0.15, 0.2) is 60.7 Å². The summed E-state index contributed by atoms with van der Waals surface area (Å²) in [4.78, 5) is 0.866. The summed E-state index contributed by atoms with van der Waals surface area (Å²) in [6, 6.07) is 21.2. The van der Waals surface area contributed by atoms with Crippen LogP contribution in [0.2, 0.25) is 0 Å². The molecule has 0 fully saturated rings. The fraction of sp³-hybridized carbons (Fsp3) is 0.250. The lowest BCUT2D eigenvalue weighted by Gasteiger charge is -2.14. The summed E-state index contributed by atoms with van der Waals surface area (Å²) in [7, 11) is 0. The molecular weight excluding hydrogens is 352 g/mol. The van der Waals surface area contributed by atoms with E-state index in [1.54, 1.807) is 0 Å². The molecule has 0 aliphatic rings. The highest BCUT2D eigenvalue weighted by Gasteiger charge is 2.11. The first-order chi connectivity index (χ1) is 8.77. The fourth-order valence-corrected chi connectivity index (χ4v) is 3.09. The maximum absolute atomic E-state index is 3.77. The van der Waals surface area contributed by atoms with Crippen LogP contribution in [0.5, 0.6) is 0 Å². The molecular formula is C16H16Br2. The van der Waals surface area contributed by atoms with E-state index in [-0.39, 0.29) is 0 Å². The topological polar surface area (TPSA) is 0 Å². The Morgan fingerprint density at radius 1 is 0.611 bits per heavy atom. The third-order valence-electron chi connectivity index (χ3n) is 3.00. The van der Waals surface area contributed by atoms with Gasteiger partial charge in [-0.3, -0.25) is 0 Å². The molecule has 0 N–H and O–H groups in total. The summed E-state index contributed by atoms with van der Waals surface area (Å²) >= 11 is 7.53. The van der Waals surface area contributed by atoms with E-state index in [0.29, 0.717) is 9.65 Å². The van der Waals surface area contributed by atoms with Gasteiger partial charge in [0.05, 0.1) is 0 Å². The zero-order valence-electron chi connectivity index (χ0n) is 10.1. The average Bonchev–Trinajstić information content (AvgIpc) is 2.46. The van der Waals surface area contributed by atoms with Gasteiger partial charge in [-0.25, -0.2) is 0 Å². The Morgan fingerprint density at radius 2 is 0.944 bits per heavy atom. The number of alkyl halides is 2. The van der Waals surface area contributed by atoms with Crippen molar-refractivity contribution in [3.8, 4) is 0 Å². The van der Waals surface area contributed by atoms with Crippen LogP contribution in [0.1, 0.15) is 33.6 Å². The highest BCUT2D eigenvalue weighted by atomic mass is 79.9. The standard InChI is InChI=1S/C16H16Br2/c17-15(13-7-3-1-4-8-13)11-12-16(18)14-9-5-2-6-10-14/h1-10,15-16H,11-12H2. The molecule has 0 radical (unpaired) electrons. The summed E-state index contributed by atoms with van der Waals surface area (Å²) in [6.45, 7) is 0. The zero-order valence-corrected chi connectivity index (χ0v) is 13.3. The molecule has 0 amide bonds. The van der Waals surface area contributed by atoms with Crippen molar-refractivity contribution >= 4 is 31.9 Å². The molecule has 0 aromatic heterocycles. The Kier molecular flexibility index (Phi) is 5.45. The molecule has 2 atom stereocenters. The van der Waals surface area contributed by atoms with Crippen LogP contribution in [0, 0.1) is 0 Å². The first-order valence-electron chi connectivity index (χ1n) is 6.15. The highest BCUT2D eigenvalue weighted by Crippen LogP contribution is 2.34. The van der Waals surface area contributed by atoms with E-state index in [1.807, 2.05) is 0 Å². The van der Waals surface area contributed by atoms with Crippen molar-refractivity contribution in [3.63, 3.8) is 0 Å². The SMILES string of the molecule is BrC(CCC(Br)c1ccccc1)c1ccccc1. The van der Waals surface area contributed by atoms with Crippen LogP contribution in [0.4, 0.5) is 0 Å². The third kappa shape index (κ3) is 3.96. The quantitative estimate of drug-likeness (QED) is 0.565.